The predicted molar refractivity (Wildman–Crippen MR) is 139 cm³/mol. The molecule has 0 atom stereocenters. The predicted octanol–water partition coefficient (Wildman–Crippen LogP) is 7.30. The number of benzene rings is 4. The molecule has 4 aromatic carbocycles. The van der Waals surface area contributed by atoms with E-state index in [9.17, 15) is 4.79 Å². The van der Waals surface area contributed by atoms with Crippen molar-refractivity contribution < 1.29 is 9.53 Å². The van der Waals surface area contributed by atoms with Crippen LogP contribution in [0.3, 0.4) is 0 Å². The van der Waals surface area contributed by atoms with E-state index >= 15 is 0 Å². The smallest absolute Gasteiger partial charge is 0.120 e. The van der Waals surface area contributed by atoms with E-state index in [0.717, 1.165) is 31.3 Å². The van der Waals surface area contributed by atoms with Crippen molar-refractivity contribution in [2.24, 2.45) is 0 Å². The van der Waals surface area contributed by atoms with Gasteiger partial charge in [0.25, 0.3) is 0 Å². The number of allylic oxidation sites excluding steroid dienone is 1. The van der Waals surface area contributed by atoms with E-state index in [4.69, 9.17) is 4.74 Å². The van der Waals surface area contributed by atoms with Crippen molar-refractivity contribution in [3.8, 4) is 5.75 Å². The highest BCUT2D eigenvalue weighted by Gasteiger charge is 2.22. The summed E-state index contributed by atoms with van der Waals surface area (Å²) in [5.41, 5.74) is 10.1. The van der Waals surface area contributed by atoms with Crippen LogP contribution in [-0.4, -0.2) is 6.29 Å². The molecule has 1 aliphatic rings. The molecule has 0 unspecified atom stereocenters. The van der Waals surface area contributed by atoms with Gasteiger partial charge in [0.1, 0.15) is 18.6 Å². The lowest BCUT2D eigenvalue weighted by Gasteiger charge is -2.25. The van der Waals surface area contributed by atoms with E-state index in [0.29, 0.717) is 13.0 Å². The highest BCUT2D eigenvalue weighted by Crippen LogP contribution is 2.41. The molecule has 2 heteroatoms. The molecule has 0 saturated carbocycles. The summed E-state index contributed by atoms with van der Waals surface area (Å²) in [6.07, 6.45) is 4.31. The van der Waals surface area contributed by atoms with Gasteiger partial charge in [-0.1, -0.05) is 91.0 Å². The van der Waals surface area contributed by atoms with Crippen molar-refractivity contribution in [2.45, 2.75) is 32.3 Å². The van der Waals surface area contributed by atoms with Crippen molar-refractivity contribution in [3.63, 3.8) is 0 Å². The number of aldehydes is 1. The van der Waals surface area contributed by atoms with E-state index in [1.54, 1.807) is 0 Å². The van der Waals surface area contributed by atoms with Gasteiger partial charge in [0.15, 0.2) is 0 Å². The molecule has 168 valence electrons. The topological polar surface area (TPSA) is 26.3 Å². The number of fused-ring (bicyclic) bond motifs is 1. The molecule has 0 amide bonds. The fourth-order valence-electron chi connectivity index (χ4n) is 4.72. The van der Waals surface area contributed by atoms with Crippen molar-refractivity contribution in [3.05, 3.63) is 137 Å². The minimum atomic E-state index is 0.561. The molecule has 0 aromatic heterocycles. The molecule has 0 spiro atoms. The zero-order valence-electron chi connectivity index (χ0n) is 19.2. The molecule has 5 rings (SSSR count). The fraction of sp³-hybridized carbons (Fsp3) is 0.156. The first kappa shape index (κ1) is 21.9. The second-order valence-electron chi connectivity index (χ2n) is 8.72. The van der Waals surface area contributed by atoms with E-state index in [1.807, 2.05) is 18.2 Å². The highest BCUT2D eigenvalue weighted by molar-refractivity contribution is 6.00. The lowest BCUT2D eigenvalue weighted by molar-refractivity contribution is -0.107. The van der Waals surface area contributed by atoms with E-state index in [2.05, 4.69) is 84.9 Å². The summed E-state index contributed by atoms with van der Waals surface area (Å²) < 4.78 is 6.12. The number of carbonyl (C=O) groups excluding carboxylic acids is 1. The standard InChI is InChI=1S/C32H28O2/c33-21-7-10-24-13-15-27(16-14-24)32-30(26-11-5-2-6-12-26)19-17-28-22-29(18-20-31(28)32)34-23-25-8-3-1-4-9-25/h1-6,8-9,11-16,18,20-22H,7,10,17,19,23H2. The molecule has 0 N–H and O–H groups in total. The molecule has 34 heavy (non-hydrogen) atoms. The van der Waals surface area contributed by atoms with Crippen LogP contribution in [0.25, 0.3) is 11.1 Å². The van der Waals surface area contributed by atoms with Gasteiger partial charge >= 0.3 is 0 Å². The van der Waals surface area contributed by atoms with E-state index < -0.39 is 0 Å². The van der Waals surface area contributed by atoms with Gasteiger partial charge in [-0.3, -0.25) is 0 Å². The van der Waals surface area contributed by atoms with E-state index in [-0.39, 0.29) is 0 Å². The Kier molecular flexibility index (Phi) is 6.67. The van der Waals surface area contributed by atoms with Gasteiger partial charge in [-0.2, -0.15) is 0 Å². The SMILES string of the molecule is O=CCCc1ccc(C2=C(c3ccccc3)CCc3cc(OCc4ccccc4)ccc32)cc1. The monoisotopic (exact) mass is 444 g/mol. The Morgan fingerprint density at radius 2 is 1.44 bits per heavy atom. The lowest BCUT2D eigenvalue weighted by atomic mass is 9.79. The number of hydrogen-bond acceptors (Lipinski definition) is 2. The number of ether oxygens (including phenoxy) is 1. The van der Waals surface area contributed by atoms with Crippen LogP contribution in [0.15, 0.2) is 103 Å². The molecule has 1 aliphatic carbocycles. The average Bonchev–Trinajstić information content (AvgIpc) is 2.91. The van der Waals surface area contributed by atoms with Gasteiger partial charge < -0.3 is 9.53 Å². The molecular weight excluding hydrogens is 416 g/mol. The second kappa shape index (κ2) is 10.4. The third-order valence-electron chi connectivity index (χ3n) is 6.46. The van der Waals surface area contributed by atoms with Crippen LogP contribution >= 0.6 is 0 Å². The summed E-state index contributed by atoms with van der Waals surface area (Å²) in [7, 11) is 0. The van der Waals surface area contributed by atoms with Crippen molar-refractivity contribution in [2.75, 3.05) is 0 Å². The first-order chi connectivity index (χ1) is 16.8. The normalized spacial score (nSPS) is 12.8. The zero-order chi connectivity index (χ0) is 23.2. The number of aryl methyl sites for hydroxylation is 2. The molecule has 2 nitrogen and oxygen atoms in total. The first-order valence-corrected chi connectivity index (χ1v) is 11.9. The second-order valence-corrected chi connectivity index (χ2v) is 8.72. The summed E-state index contributed by atoms with van der Waals surface area (Å²) in [5.74, 6) is 0.911. The van der Waals surface area contributed by atoms with Crippen LogP contribution in [0.1, 0.15) is 46.2 Å². The largest absolute Gasteiger partial charge is 0.489 e. The van der Waals surface area contributed by atoms with Gasteiger partial charge in [0.2, 0.25) is 0 Å². The molecule has 0 heterocycles. The average molecular weight is 445 g/mol. The van der Waals surface area contributed by atoms with Gasteiger partial charge in [-0.25, -0.2) is 0 Å². The van der Waals surface area contributed by atoms with Gasteiger partial charge in [-0.15, -0.1) is 0 Å². The van der Waals surface area contributed by atoms with Crippen molar-refractivity contribution in [1.29, 1.82) is 0 Å². The Morgan fingerprint density at radius 3 is 2.18 bits per heavy atom. The van der Waals surface area contributed by atoms with Gasteiger partial charge in [-0.05, 0) is 75.9 Å². The Balaban J connectivity index is 1.51. The van der Waals surface area contributed by atoms with Crippen molar-refractivity contribution >= 4 is 17.4 Å². The molecule has 0 aliphatic heterocycles. The van der Waals surface area contributed by atoms with Gasteiger partial charge in [0, 0.05) is 6.42 Å². The van der Waals surface area contributed by atoms with E-state index in [1.165, 1.54) is 44.5 Å². The fourth-order valence-corrected chi connectivity index (χ4v) is 4.72. The Hall–Kier alpha value is -3.91. The lowest BCUT2D eigenvalue weighted by Crippen LogP contribution is -2.07. The summed E-state index contributed by atoms with van der Waals surface area (Å²) in [6, 6.07) is 36.2. The quantitative estimate of drug-likeness (QED) is 0.267. The van der Waals surface area contributed by atoms with Crippen LogP contribution in [0.2, 0.25) is 0 Å². The first-order valence-electron chi connectivity index (χ1n) is 11.9. The third-order valence-corrected chi connectivity index (χ3v) is 6.46. The summed E-state index contributed by atoms with van der Waals surface area (Å²) in [6.45, 7) is 0.569. The number of carbonyl (C=O) groups is 1. The molecular formula is C32H28O2. The highest BCUT2D eigenvalue weighted by atomic mass is 16.5. The molecule has 0 fully saturated rings. The maximum absolute atomic E-state index is 10.8. The summed E-state index contributed by atoms with van der Waals surface area (Å²) >= 11 is 0. The van der Waals surface area contributed by atoms with Crippen molar-refractivity contribution in [1.82, 2.24) is 0 Å². The maximum atomic E-state index is 10.8. The molecule has 0 radical (unpaired) electrons. The summed E-state index contributed by atoms with van der Waals surface area (Å²) in [5, 5.41) is 0. The number of rotatable bonds is 8. The Morgan fingerprint density at radius 1 is 0.706 bits per heavy atom. The Bertz CT molecular complexity index is 1290. The minimum absolute atomic E-state index is 0.561. The zero-order valence-corrected chi connectivity index (χ0v) is 19.2. The Labute approximate surface area is 201 Å². The van der Waals surface area contributed by atoms with Crippen LogP contribution in [0, 0.1) is 0 Å². The molecule has 0 saturated heterocycles. The van der Waals surface area contributed by atoms with Crippen LogP contribution in [0.5, 0.6) is 5.75 Å². The summed E-state index contributed by atoms with van der Waals surface area (Å²) in [4.78, 5) is 10.8. The number of hydrogen-bond donors (Lipinski definition) is 0. The minimum Gasteiger partial charge on any atom is -0.489 e. The molecule has 4 aromatic rings. The van der Waals surface area contributed by atoms with Crippen LogP contribution < -0.4 is 4.74 Å². The molecule has 0 bridgehead atoms. The maximum Gasteiger partial charge on any atom is 0.120 e. The van der Waals surface area contributed by atoms with Gasteiger partial charge in [0.05, 0.1) is 0 Å². The van der Waals surface area contributed by atoms with Crippen LogP contribution in [-0.2, 0) is 24.2 Å². The third kappa shape index (κ3) is 4.87. The van der Waals surface area contributed by atoms with Crippen LogP contribution in [0.4, 0.5) is 0 Å².